The summed E-state index contributed by atoms with van der Waals surface area (Å²) in [5, 5.41) is 13.8. The number of hydrogen-bond donors (Lipinski definition) is 1. The van der Waals surface area contributed by atoms with Gasteiger partial charge in [0, 0.05) is 27.1 Å². The Morgan fingerprint density at radius 3 is 1.97 bits per heavy atom. The molecule has 1 atom stereocenters. The predicted molar refractivity (Wildman–Crippen MR) is 143 cm³/mol. The zero-order valence-corrected chi connectivity index (χ0v) is 20.5. The van der Waals surface area contributed by atoms with Gasteiger partial charge in [-0.3, -0.25) is 24.6 Å². The van der Waals surface area contributed by atoms with Crippen LogP contribution in [-0.2, 0) is 4.79 Å². The maximum Gasteiger partial charge on any atom is 0.269 e. The molecule has 0 aliphatic rings. The molecule has 0 aromatic heterocycles. The second kappa shape index (κ2) is 10.9. The summed E-state index contributed by atoms with van der Waals surface area (Å²) in [6, 6.07) is 29.8. The van der Waals surface area contributed by atoms with E-state index in [1.165, 1.54) is 29.2 Å². The van der Waals surface area contributed by atoms with Gasteiger partial charge in [0.15, 0.2) is 0 Å². The minimum Gasteiger partial charge on any atom is -0.324 e. The Hall–Kier alpha value is -4.05. The number of nitro benzene ring substituents is 1. The SMILES string of the molecule is O=C(Nc1ccc([N+](=O)[O-])cc1)C(c1ccccc1)N(C(=O)c1ccccc1I)c1ccccc1. The summed E-state index contributed by atoms with van der Waals surface area (Å²) in [5.74, 6) is -0.776. The molecule has 0 saturated heterocycles. The van der Waals surface area contributed by atoms with E-state index >= 15 is 0 Å². The van der Waals surface area contributed by atoms with E-state index in [1.54, 1.807) is 48.5 Å². The molecule has 0 aliphatic carbocycles. The largest absolute Gasteiger partial charge is 0.324 e. The summed E-state index contributed by atoms with van der Waals surface area (Å²) in [6.45, 7) is 0. The molecule has 8 heteroatoms. The van der Waals surface area contributed by atoms with Crippen molar-refractivity contribution in [1.82, 2.24) is 0 Å². The average Bonchev–Trinajstić information content (AvgIpc) is 2.88. The van der Waals surface area contributed by atoms with E-state index in [1.807, 2.05) is 36.4 Å². The first-order valence-electron chi connectivity index (χ1n) is 10.7. The summed E-state index contributed by atoms with van der Waals surface area (Å²) >= 11 is 2.11. The van der Waals surface area contributed by atoms with E-state index < -0.39 is 16.9 Å². The number of anilines is 2. The summed E-state index contributed by atoms with van der Waals surface area (Å²) in [4.78, 5) is 39.6. The van der Waals surface area contributed by atoms with Crippen LogP contribution in [0.4, 0.5) is 17.1 Å². The van der Waals surface area contributed by atoms with Gasteiger partial charge in [0.05, 0.1) is 10.5 Å². The van der Waals surface area contributed by atoms with Gasteiger partial charge in [-0.2, -0.15) is 0 Å². The lowest BCUT2D eigenvalue weighted by Gasteiger charge is -2.32. The molecule has 0 spiro atoms. The molecule has 4 aromatic rings. The third kappa shape index (κ3) is 5.55. The predicted octanol–water partition coefficient (Wildman–Crippen LogP) is 6.23. The molecule has 35 heavy (non-hydrogen) atoms. The molecular formula is C27H20IN3O4. The number of non-ortho nitro benzene ring substituents is 1. The fraction of sp³-hybridized carbons (Fsp3) is 0.0370. The van der Waals surface area contributed by atoms with E-state index in [-0.39, 0.29) is 11.6 Å². The molecule has 0 bridgehead atoms. The number of carbonyl (C=O) groups is 2. The van der Waals surface area contributed by atoms with Crippen LogP contribution < -0.4 is 10.2 Å². The van der Waals surface area contributed by atoms with E-state index in [2.05, 4.69) is 27.9 Å². The van der Waals surface area contributed by atoms with Crippen molar-refractivity contribution in [3.8, 4) is 0 Å². The quantitative estimate of drug-likeness (QED) is 0.160. The fourth-order valence-electron chi connectivity index (χ4n) is 3.67. The molecule has 0 aliphatic heterocycles. The van der Waals surface area contributed by atoms with Crippen LogP contribution >= 0.6 is 22.6 Å². The van der Waals surface area contributed by atoms with Crippen LogP contribution in [0.25, 0.3) is 0 Å². The lowest BCUT2D eigenvalue weighted by Crippen LogP contribution is -2.42. The molecule has 2 amide bonds. The second-order valence-electron chi connectivity index (χ2n) is 7.60. The van der Waals surface area contributed by atoms with Gasteiger partial charge >= 0.3 is 0 Å². The number of hydrogen-bond acceptors (Lipinski definition) is 4. The van der Waals surface area contributed by atoms with Gasteiger partial charge < -0.3 is 5.32 Å². The molecule has 0 radical (unpaired) electrons. The summed E-state index contributed by atoms with van der Waals surface area (Å²) in [7, 11) is 0. The number of nitro groups is 1. The number of amides is 2. The highest BCUT2D eigenvalue weighted by molar-refractivity contribution is 14.1. The van der Waals surface area contributed by atoms with Gasteiger partial charge in [0.25, 0.3) is 17.5 Å². The van der Waals surface area contributed by atoms with Crippen LogP contribution in [-0.4, -0.2) is 16.7 Å². The molecule has 7 nitrogen and oxygen atoms in total. The third-order valence-corrected chi connectivity index (χ3v) is 6.27. The van der Waals surface area contributed by atoms with Crippen molar-refractivity contribution >= 4 is 51.5 Å². The van der Waals surface area contributed by atoms with Crippen molar-refractivity contribution in [2.75, 3.05) is 10.2 Å². The fourth-order valence-corrected chi connectivity index (χ4v) is 4.28. The van der Waals surface area contributed by atoms with Crippen molar-refractivity contribution in [3.63, 3.8) is 0 Å². The lowest BCUT2D eigenvalue weighted by atomic mass is 10.0. The van der Waals surface area contributed by atoms with Crippen LogP contribution in [0.1, 0.15) is 22.0 Å². The second-order valence-corrected chi connectivity index (χ2v) is 8.76. The van der Waals surface area contributed by atoms with Crippen LogP contribution in [0.2, 0.25) is 0 Å². The van der Waals surface area contributed by atoms with Crippen molar-refractivity contribution in [1.29, 1.82) is 0 Å². The van der Waals surface area contributed by atoms with Gasteiger partial charge in [-0.1, -0.05) is 60.7 Å². The van der Waals surface area contributed by atoms with Gasteiger partial charge in [-0.25, -0.2) is 0 Å². The minimum atomic E-state index is -1.00. The number of nitrogens with zero attached hydrogens (tertiary/aromatic N) is 2. The van der Waals surface area contributed by atoms with E-state index in [0.717, 1.165) is 3.57 Å². The molecule has 0 heterocycles. The zero-order valence-electron chi connectivity index (χ0n) is 18.4. The highest BCUT2D eigenvalue weighted by atomic mass is 127. The molecule has 4 aromatic carbocycles. The number of para-hydroxylation sites is 1. The van der Waals surface area contributed by atoms with Crippen LogP contribution in [0.5, 0.6) is 0 Å². The van der Waals surface area contributed by atoms with Crippen LogP contribution in [0.3, 0.4) is 0 Å². The Bertz CT molecular complexity index is 1350. The van der Waals surface area contributed by atoms with Gasteiger partial charge in [-0.05, 0) is 64.6 Å². The smallest absolute Gasteiger partial charge is 0.269 e. The maximum absolute atomic E-state index is 13.9. The highest BCUT2D eigenvalue weighted by Crippen LogP contribution is 2.31. The monoisotopic (exact) mass is 577 g/mol. The Kier molecular flexibility index (Phi) is 7.51. The number of rotatable bonds is 7. The van der Waals surface area contributed by atoms with Crippen LogP contribution in [0.15, 0.2) is 109 Å². The summed E-state index contributed by atoms with van der Waals surface area (Å²) in [6.07, 6.45) is 0. The first-order chi connectivity index (χ1) is 17.0. The van der Waals surface area contributed by atoms with Crippen molar-refractivity contribution < 1.29 is 14.5 Å². The van der Waals surface area contributed by atoms with Crippen LogP contribution in [0, 0.1) is 13.7 Å². The van der Waals surface area contributed by atoms with Crippen molar-refractivity contribution in [3.05, 3.63) is 134 Å². The first-order valence-corrected chi connectivity index (χ1v) is 11.8. The maximum atomic E-state index is 13.9. The van der Waals surface area contributed by atoms with Crippen molar-refractivity contribution in [2.45, 2.75) is 6.04 Å². The van der Waals surface area contributed by atoms with Gasteiger partial charge in [-0.15, -0.1) is 0 Å². The summed E-state index contributed by atoms with van der Waals surface area (Å²) < 4.78 is 0.763. The third-order valence-electron chi connectivity index (χ3n) is 5.32. The van der Waals surface area contributed by atoms with E-state index in [4.69, 9.17) is 0 Å². The molecule has 0 saturated carbocycles. The first kappa shape index (κ1) is 24.1. The topological polar surface area (TPSA) is 92.5 Å². The Balaban J connectivity index is 1.80. The Morgan fingerprint density at radius 1 is 0.800 bits per heavy atom. The van der Waals surface area contributed by atoms with Crippen molar-refractivity contribution in [2.24, 2.45) is 0 Å². The van der Waals surface area contributed by atoms with Gasteiger partial charge in [0.2, 0.25) is 0 Å². The number of benzene rings is 4. The Morgan fingerprint density at radius 2 is 1.37 bits per heavy atom. The number of halogens is 1. The standard InChI is InChI=1S/C27H20IN3O4/c28-24-14-8-7-13-23(24)27(33)30(21-11-5-2-6-12-21)25(19-9-3-1-4-10-19)26(32)29-20-15-17-22(18-16-20)31(34)35/h1-18,25H,(H,29,32). The average molecular weight is 577 g/mol. The number of nitrogens with one attached hydrogen (secondary N) is 1. The minimum absolute atomic E-state index is 0.0812. The molecule has 1 unspecified atom stereocenters. The number of carbonyl (C=O) groups excluding carboxylic acids is 2. The molecule has 0 fully saturated rings. The highest BCUT2D eigenvalue weighted by Gasteiger charge is 2.34. The molecule has 1 N–H and O–H groups in total. The van der Waals surface area contributed by atoms with E-state index in [0.29, 0.717) is 22.5 Å². The van der Waals surface area contributed by atoms with Gasteiger partial charge in [0.1, 0.15) is 6.04 Å². The molecular weight excluding hydrogens is 557 g/mol. The normalized spacial score (nSPS) is 11.3. The summed E-state index contributed by atoms with van der Waals surface area (Å²) in [5.41, 5.74) is 1.96. The zero-order chi connectivity index (χ0) is 24.8. The molecule has 4 rings (SSSR count). The Labute approximate surface area is 215 Å². The lowest BCUT2D eigenvalue weighted by molar-refractivity contribution is -0.384. The molecule has 174 valence electrons. The van der Waals surface area contributed by atoms with E-state index in [9.17, 15) is 19.7 Å².